The molecule has 13 heteroatoms. The van der Waals surface area contributed by atoms with E-state index in [4.69, 9.17) is 4.74 Å². The van der Waals surface area contributed by atoms with E-state index < -0.39 is 12.2 Å². The normalized spacial score (nSPS) is 15.6. The van der Waals surface area contributed by atoms with Gasteiger partial charge in [-0.1, -0.05) is 0 Å². The van der Waals surface area contributed by atoms with Crippen molar-refractivity contribution in [2.24, 2.45) is 5.92 Å². The molecule has 3 aromatic rings. The number of carbonyl (C=O) groups excluding carboxylic acids is 2. The maximum absolute atomic E-state index is 13.7. The number of alkyl halides is 2. The lowest BCUT2D eigenvalue weighted by molar-refractivity contribution is -0.117. The van der Waals surface area contributed by atoms with Crippen molar-refractivity contribution in [2.75, 3.05) is 30.8 Å². The first-order valence-electron chi connectivity index (χ1n) is 11.0. The van der Waals surface area contributed by atoms with Crippen LogP contribution in [0.5, 0.6) is 5.75 Å². The summed E-state index contributed by atoms with van der Waals surface area (Å²) in [4.78, 5) is 35.3. The minimum atomic E-state index is -2.79. The number of aromatic nitrogens is 3. The highest BCUT2D eigenvalue weighted by Crippen LogP contribution is 2.40. The standard InChI is InChI=1S/C22H22F2IN6O3P/c1-34-15-9-12(22(33)30-7-2-8-30)5-6-13(15)26-14-10-16(28-21(32)11-3-4-11)27-19-17(14)29-20(18(23)24)31(19)35-25/h5-6,9-11,18,35H,2-4,7-8H2,1H3,(H2,26,27,28,32). The molecule has 3 heterocycles. The summed E-state index contributed by atoms with van der Waals surface area (Å²) in [6, 6.07) is 6.61. The Kier molecular flexibility index (Phi) is 6.75. The van der Waals surface area contributed by atoms with Crippen LogP contribution in [-0.2, 0) is 4.79 Å². The number of amides is 2. The number of benzene rings is 1. The summed E-state index contributed by atoms with van der Waals surface area (Å²) in [5, 5.41) is 5.98. The van der Waals surface area contributed by atoms with Gasteiger partial charge in [-0.05, 0) is 59.5 Å². The van der Waals surface area contributed by atoms with Gasteiger partial charge < -0.3 is 20.3 Å². The van der Waals surface area contributed by atoms with Crippen LogP contribution in [0.4, 0.5) is 26.0 Å². The number of imidazole rings is 1. The first-order valence-corrected chi connectivity index (χ1v) is 15.1. The number of rotatable bonds is 8. The summed E-state index contributed by atoms with van der Waals surface area (Å²) in [6.45, 7) is 1.47. The largest absolute Gasteiger partial charge is 0.495 e. The molecule has 2 aliphatic rings. The zero-order chi connectivity index (χ0) is 24.7. The van der Waals surface area contributed by atoms with Gasteiger partial charge in [-0.2, -0.15) is 0 Å². The fourth-order valence-corrected chi connectivity index (χ4v) is 5.70. The van der Waals surface area contributed by atoms with Gasteiger partial charge in [0.05, 0.1) is 24.9 Å². The van der Waals surface area contributed by atoms with Gasteiger partial charge in [-0.3, -0.25) is 13.9 Å². The van der Waals surface area contributed by atoms with Crippen LogP contribution < -0.4 is 15.4 Å². The van der Waals surface area contributed by atoms with Crippen molar-refractivity contribution in [2.45, 2.75) is 25.7 Å². The van der Waals surface area contributed by atoms with Crippen molar-refractivity contribution in [1.82, 2.24) is 19.2 Å². The molecule has 1 aromatic carbocycles. The van der Waals surface area contributed by atoms with Crippen LogP contribution in [0, 0.1) is 5.92 Å². The summed E-state index contributed by atoms with van der Waals surface area (Å²) in [5.41, 5.74) is 1.89. The van der Waals surface area contributed by atoms with Crippen LogP contribution in [0.15, 0.2) is 24.3 Å². The number of anilines is 3. The molecule has 1 aliphatic heterocycles. The third-order valence-electron chi connectivity index (χ3n) is 5.98. The zero-order valence-corrected chi connectivity index (χ0v) is 21.8. The van der Waals surface area contributed by atoms with E-state index in [1.807, 2.05) is 22.0 Å². The van der Waals surface area contributed by atoms with E-state index in [0.29, 0.717) is 22.7 Å². The maximum atomic E-state index is 13.7. The Hall–Kier alpha value is -2.60. The van der Waals surface area contributed by atoms with Crippen LogP contribution in [-0.4, -0.2) is 51.2 Å². The van der Waals surface area contributed by atoms with Gasteiger partial charge >= 0.3 is 0 Å². The minimum absolute atomic E-state index is 0.0477. The second-order valence-electron chi connectivity index (χ2n) is 8.37. The monoisotopic (exact) mass is 614 g/mol. The van der Waals surface area contributed by atoms with Gasteiger partial charge in [-0.15, -0.1) is 0 Å². The summed E-state index contributed by atoms with van der Waals surface area (Å²) >= 11 is 2.00. The Labute approximate surface area is 214 Å². The SMILES string of the molecule is COc1cc(C(=O)N2CCC2)ccc1Nc1cc(NC(=O)C2CC2)nc2c1nc(C(F)F)n2PI. The topological polar surface area (TPSA) is 101 Å². The van der Waals surface area contributed by atoms with Crippen molar-refractivity contribution in [3.63, 3.8) is 0 Å². The first-order chi connectivity index (χ1) is 16.9. The van der Waals surface area contributed by atoms with Gasteiger partial charge in [0, 0.05) is 30.6 Å². The van der Waals surface area contributed by atoms with E-state index in [0.717, 1.165) is 32.4 Å². The molecule has 2 aromatic heterocycles. The van der Waals surface area contributed by atoms with Gasteiger partial charge in [0.25, 0.3) is 12.3 Å². The molecule has 9 nitrogen and oxygen atoms in total. The number of fused-ring (bicyclic) bond motifs is 1. The molecule has 0 spiro atoms. The van der Waals surface area contributed by atoms with E-state index in [-0.39, 0.29) is 41.1 Å². The lowest BCUT2D eigenvalue weighted by Gasteiger charge is -2.31. The molecule has 5 rings (SSSR count). The molecule has 2 N–H and O–H groups in total. The predicted octanol–water partition coefficient (Wildman–Crippen LogP) is 5.11. The molecule has 1 saturated heterocycles. The highest BCUT2D eigenvalue weighted by atomic mass is 127. The van der Waals surface area contributed by atoms with Gasteiger partial charge in [0.2, 0.25) is 5.91 Å². The van der Waals surface area contributed by atoms with Crippen LogP contribution in [0.1, 0.15) is 41.9 Å². The third-order valence-corrected chi connectivity index (χ3v) is 8.04. The number of pyridine rings is 1. The van der Waals surface area contributed by atoms with E-state index in [1.165, 1.54) is 11.4 Å². The minimum Gasteiger partial charge on any atom is -0.495 e. The Morgan fingerprint density at radius 2 is 1.97 bits per heavy atom. The molecule has 2 fully saturated rings. The first kappa shape index (κ1) is 24.1. The molecule has 1 aliphatic carbocycles. The van der Waals surface area contributed by atoms with Crippen molar-refractivity contribution in [1.29, 1.82) is 0 Å². The molecule has 184 valence electrons. The number of hydrogen-bond acceptors (Lipinski definition) is 6. The van der Waals surface area contributed by atoms with Crippen molar-refractivity contribution < 1.29 is 23.1 Å². The van der Waals surface area contributed by atoms with Gasteiger partial charge in [0.15, 0.2) is 11.5 Å². The number of halogens is 3. The number of ether oxygens (including phenoxy) is 1. The smallest absolute Gasteiger partial charge is 0.295 e. The number of likely N-dealkylation sites (tertiary alicyclic amines) is 1. The lowest BCUT2D eigenvalue weighted by atomic mass is 10.1. The van der Waals surface area contributed by atoms with E-state index in [2.05, 4.69) is 20.6 Å². The van der Waals surface area contributed by atoms with Gasteiger partial charge in [-0.25, -0.2) is 18.7 Å². The average molecular weight is 614 g/mol. The number of methoxy groups -OCH3 is 1. The van der Waals surface area contributed by atoms with Crippen LogP contribution in [0.3, 0.4) is 0 Å². The highest BCUT2D eigenvalue weighted by molar-refractivity contribution is 14.2. The second kappa shape index (κ2) is 9.81. The predicted molar refractivity (Wildman–Crippen MR) is 138 cm³/mol. The molecular weight excluding hydrogens is 592 g/mol. The summed E-state index contributed by atoms with van der Waals surface area (Å²) < 4.78 is 34.3. The molecule has 1 saturated carbocycles. The van der Waals surface area contributed by atoms with E-state index in [1.54, 1.807) is 29.2 Å². The zero-order valence-electron chi connectivity index (χ0n) is 18.6. The van der Waals surface area contributed by atoms with Crippen molar-refractivity contribution >= 4 is 68.6 Å². The lowest BCUT2D eigenvalue weighted by Crippen LogP contribution is -2.42. The molecule has 1 atom stereocenters. The molecular formula is C22H22F2IN6O3P. The number of nitrogens with one attached hydrogen (secondary N) is 2. The average Bonchev–Trinajstić information content (AvgIpc) is 3.58. The summed E-state index contributed by atoms with van der Waals surface area (Å²) in [7, 11) is 1.49. The fourth-order valence-electron chi connectivity index (χ4n) is 3.80. The molecule has 0 radical (unpaired) electrons. The maximum Gasteiger partial charge on any atom is 0.295 e. The van der Waals surface area contributed by atoms with Crippen molar-refractivity contribution in [3.8, 4) is 5.75 Å². The van der Waals surface area contributed by atoms with E-state index >= 15 is 0 Å². The van der Waals surface area contributed by atoms with E-state index in [9.17, 15) is 18.4 Å². The quantitative estimate of drug-likeness (QED) is 0.271. The van der Waals surface area contributed by atoms with Crippen molar-refractivity contribution in [3.05, 3.63) is 35.7 Å². The third kappa shape index (κ3) is 4.77. The van der Waals surface area contributed by atoms with Gasteiger partial charge in [0.1, 0.15) is 17.1 Å². The Morgan fingerprint density at radius 1 is 1.20 bits per heavy atom. The highest BCUT2D eigenvalue weighted by Gasteiger charge is 2.30. The molecule has 1 unspecified atom stereocenters. The number of carbonyl (C=O) groups is 2. The summed E-state index contributed by atoms with van der Waals surface area (Å²) in [5.74, 6) is 0.00303. The van der Waals surface area contributed by atoms with Crippen LogP contribution in [0.25, 0.3) is 11.2 Å². The number of nitrogens with zero attached hydrogens (tertiary/aromatic N) is 4. The number of hydrogen-bond donors (Lipinski definition) is 2. The van der Waals surface area contributed by atoms with Crippen LogP contribution in [0.2, 0.25) is 0 Å². The Balaban J connectivity index is 1.55. The molecule has 0 bridgehead atoms. The molecule has 2 amide bonds. The van der Waals surface area contributed by atoms with Crippen LogP contribution >= 0.6 is 28.4 Å². The Bertz CT molecular complexity index is 1310. The fraction of sp³-hybridized carbons (Fsp3) is 0.364. The second-order valence-corrected chi connectivity index (χ2v) is 10.4. The summed E-state index contributed by atoms with van der Waals surface area (Å²) in [6.07, 6.45) is -0.219. The molecule has 35 heavy (non-hydrogen) atoms. The Morgan fingerprint density at radius 3 is 2.57 bits per heavy atom.